The lowest BCUT2D eigenvalue weighted by molar-refractivity contribution is -0.138. The van der Waals surface area contributed by atoms with Crippen molar-refractivity contribution in [3.05, 3.63) is 32.2 Å². The van der Waals surface area contributed by atoms with Gasteiger partial charge in [0.15, 0.2) is 0 Å². The van der Waals surface area contributed by atoms with E-state index in [-0.39, 0.29) is 8.95 Å². The Kier molecular flexibility index (Phi) is 3.07. The average Bonchev–Trinajstić information content (AvgIpc) is 1.95. The molecule has 0 aromatic heterocycles. The third-order valence-corrected chi connectivity index (χ3v) is 3.25. The van der Waals surface area contributed by atoms with Crippen molar-refractivity contribution < 1.29 is 13.2 Å². The quantitative estimate of drug-likeness (QED) is 0.659. The summed E-state index contributed by atoms with van der Waals surface area (Å²) < 4.78 is 37.4. The van der Waals surface area contributed by atoms with Gasteiger partial charge in [0.2, 0.25) is 0 Å². The van der Waals surface area contributed by atoms with Crippen molar-refractivity contribution in [2.24, 2.45) is 0 Å². The van der Waals surface area contributed by atoms with Crippen molar-refractivity contribution >= 4 is 31.9 Å². The van der Waals surface area contributed by atoms with Gasteiger partial charge in [-0.3, -0.25) is 0 Å². The molecule has 0 heterocycles. The second-order valence-electron chi connectivity index (χ2n) is 2.55. The van der Waals surface area contributed by atoms with Crippen molar-refractivity contribution in [3.8, 4) is 0 Å². The number of aryl methyl sites for hydroxylation is 1. The predicted octanol–water partition coefficient (Wildman–Crippen LogP) is 4.54. The van der Waals surface area contributed by atoms with Crippen LogP contribution in [-0.2, 0) is 6.18 Å². The zero-order valence-corrected chi connectivity index (χ0v) is 9.72. The SMILES string of the molecule is Cc1ccc(Br)c(C(F)(F)F)c1Br. The largest absolute Gasteiger partial charge is 0.418 e. The van der Waals surface area contributed by atoms with Crippen LogP contribution < -0.4 is 0 Å². The number of alkyl halides is 3. The molecule has 0 spiro atoms. The fourth-order valence-electron chi connectivity index (χ4n) is 0.917. The Hall–Kier alpha value is -0.0300. The fraction of sp³-hybridized carbons (Fsp3) is 0.250. The zero-order valence-electron chi connectivity index (χ0n) is 6.54. The van der Waals surface area contributed by atoms with Crippen molar-refractivity contribution in [1.29, 1.82) is 0 Å². The normalized spacial score (nSPS) is 11.8. The van der Waals surface area contributed by atoms with Gasteiger partial charge in [-0.15, -0.1) is 0 Å². The molecular formula is C8H5Br2F3. The first-order valence-corrected chi connectivity index (χ1v) is 4.94. The van der Waals surface area contributed by atoms with Gasteiger partial charge in [0, 0.05) is 8.95 Å². The van der Waals surface area contributed by atoms with Gasteiger partial charge >= 0.3 is 6.18 Å². The Balaban J connectivity index is 3.43. The summed E-state index contributed by atoms with van der Waals surface area (Å²) in [6, 6.07) is 3.01. The molecular weight excluding hydrogens is 313 g/mol. The number of hydrogen-bond acceptors (Lipinski definition) is 0. The molecule has 0 aliphatic rings. The number of benzene rings is 1. The van der Waals surface area contributed by atoms with Crippen LogP contribution in [0.4, 0.5) is 13.2 Å². The van der Waals surface area contributed by atoms with E-state index in [0.29, 0.717) is 5.56 Å². The molecule has 1 aromatic rings. The molecule has 0 bridgehead atoms. The first-order chi connectivity index (χ1) is 5.84. The Morgan fingerprint density at radius 3 is 2.08 bits per heavy atom. The maximum Gasteiger partial charge on any atom is 0.418 e. The van der Waals surface area contributed by atoms with E-state index in [9.17, 15) is 13.2 Å². The van der Waals surface area contributed by atoms with E-state index in [1.165, 1.54) is 6.07 Å². The van der Waals surface area contributed by atoms with E-state index >= 15 is 0 Å². The molecule has 0 nitrogen and oxygen atoms in total. The molecule has 0 aliphatic carbocycles. The van der Waals surface area contributed by atoms with E-state index < -0.39 is 11.7 Å². The summed E-state index contributed by atoms with van der Waals surface area (Å²) in [7, 11) is 0. The molecule has 0 radical (unpaired) electrons. The molecule has 5 heteroatoms. The number of hydrogen-bond donors (Lipinski definition) is 0. The van der Waals surface area contributed by atoms with Crippen LogP contribution in [0.25, 0.3) is 0 Å². The summed E-state index contributed by atoms with van der Waals surface area (Å²) in [5, 5.41) is 0. The fourth-order valence-corrected chi connectivity index (χ4v) is 2.31. The lowest BCUT2D eigenvalue weighted by Gasteiger charge is -2.12. The number of rotatable bonds is 0. The second kappa shape index (κ2) is 3.61. The maximum atomic E-state index is 12.4. The first kappa shape index (κ1) is 11.0. The Morgan fingerprint density at radius 1 is 1.15 bits per heavy atom. The van der Waals surface area contributed by atoms with E-state index in [4.69, 9.17) is 0 Å². The molecule has 0 saturated carbocycles. The molecule has 1 rings (SSSR count). The molecule has 0 unspecified atom stereocenters. The minimum Gasteiger partial charge on any atom is -0.166 e. The van der Waals surface area contributed by atoms with Crippen LogP contribution in [0, 0.1) is 6.92 Å². The summed E-state index contributed by atoms with van der Waals surface area (Å²) in [4.78, 5) is 0. The number of halogens is 5. The van der Waals surface area contributed by atoms with E-state index in [1.54, 1.807) is 13.0 Å². The minimum absolute atomic E-state index is 0.0532. The van der Waals surface area contributed by atoms with Crippen molar-refractivity contribution in [1.82, 2.24) is 0 Å². The van der Waals surface area contributed by atoms with Crippen molar-refractivity contribution in [2.75, 3.05) is 0 Å². The Labute approximate surface area is 90.4 Å². The van der Waals surface area contributed by atoms with Crippen molar-refractivity contribution in [3.63, 3.8) is 0 Å². The Bertz CT molecular complexity index is 331. The highest BCUT2D eigenvalue weighted by atomic mass is 79.9. The van der Waals surface area contributed by atoms with Crippen LogP contribution in [0.15, 0.2) is 21.1 Å². The molecule has 72 valence electrons. The van der Waals surface area contributed by atoms with Gasteiger partial charge in [0.1, 0.15) is 0 Å². The average molecular weight is 318 g/mol. The van der Waals surface area contributed by atoms with Crippen LogP contribution in [-0.4, -0.2) is 0 Å². The van der Waals surface area contributed by atoms with Crippen LogP contribution in [0.1, 0.15) is 11.1 Å². The van der Waals surface area contributed by atoms with Crippen LogP contribution in [0.3, 0.4) is 0 Å². The summed E-state index contributed by atoms with van der Waals surface area (Å²) >= 11 is 5.78. The minimum atomic E-state index is -4.33. The standard InChI is InChI=1S/C8H5Br2F3/c1-4-2-3-5(9)6(7(4)10)8(11,12)13/h2-3H,1H3. The van der Waals surface area contributed by atoms with Gasteiger partial charge in [-0.05, 0) is 34.5 Å². The highest BCUT2D eigenvalue weighted by molar-refractivity contribution is 9.11. The zero-order chi connectivity index (χ0) is 10.2. The third-order valence-electron chi connectivity index (χ3n) is 1.57. The van der Waals surface area contributed by atoms with E-state index in [1.807, 2.05) is 0 Å². The molecule has 0 amide bonds. The summed E-state index contributed by atoms with van der Waals surface area (Å²) in [5.74, 6) is 0. The lowest BCUT2D eigenvalue weighted by Crippen LogP contribution is -2.07. The smallest absolute Gasteiger partial charge is 0.166 e. The summed E-state index contributed by atoms with van der Waals surface area (Å²) in [6.07, 6.45) is -4.33. The van der Waals surface area contributed by atoms with Gasteiger partial charge in [0.05, 0.1) is 5.56 Å². The molecule has 13 heavy (non-hydrogen) atoms. The van der Waals surface area contributed by atoms with Gasteiger partial charge in [-0.1, -0.05) is 22.0 Å². The van der Waals surface area contributed by atoms with Gasteiger partial charge in [-0.2, -0.15) is 13.2 Å². The monoisotopic (exact) mass is 316 g/mol. The first-order valence-electron chi connectivity index (χ1n) is 3.36. The summed E-state index contributed by atoms with van der Waals surface area (Å²) in [5.41, 5.74) is -0.0944. The van der Waals surface area contributed by atoms with E-state index in [0.717, 1.165) is 0 Å². The molecule has 0 atom stereocenters. The van der Waals surface area contributed by atoms with Gasteiger partial charge in [0.25, 0.3) is 0 Å². The van der Waals surface area contributed by atoms with Crippen LogP contribution in [0.2, 0.25) is 0 Å². The molecule has 0 fully saturated rings. The van der Waals surface area contributed by atoms with E-state index in [2.05, 4.69) is 31.9 Å². The lowest BCUT2D eigenvalue weighted by atomic mass is 10.1. The molecule has 1 aromatic carbocycles. The molecule has 0 saturated heterocycles. The highest BCUT2D eigenvalue weighted by Crippen LogP contribution is 2.40. The van der Waals surface area contributed by atoms with Crippen LogP contribution in [0.5, 0.6) is 0 Å². The third kappa shape index (κ3) is 2.26. The van der Waals surface area contributed by atoms with Crippen molar-refractivity contribution in [2.45, 2.75) is 13.1 Å². The Morgan fingerprint density at radius 2 is 1.69 bits per heavy atom. The van der Waals surface area contributed by atoms with Crippen LogP contribution >= 0.6 is 31.9 Å². The maximum absolute atomic E-state index is 12.4. The van der Waals surface area contributed by atoms with Gasteiger partial charge in [-0.25, -0.2) is 0 Å². The topological polar surface area (TPSA) is 0 Å². The molecule has 0 N–H and O–H groups in total. The summed E-state index contributed by atoms with van der Waals surface area (Å²) in [6.45, 7) is 1.62. The van der Waals surface area contributed by atoms with Gasteiger partial charge < -0.3 is 0 Å². The second-order valence-corrected chi connectivity index (χ2v) is 4.20. The predicted molar refractivity (Wildman–Crippen MR) is 51.6 cm³/mol. The molecule has 0 aliphatic heterocycles. The highest BCUT2D eigenvalue weighted by Gasteiger charge is 2.35.